The van der Waals surface area contributed by atoms with Gasteiger partial charge in [0.25, 0.3) is 5.91 Å². The Morgan fingerprint density at radius 1 is 1.16 bits per heavy atom. The molecule has 2 aromatic carbocycles. The van der Waals surface area contributed by atoms with Gasteiger partial charge >= 0.3 is 11.9 Å². The molecule has 2 aromatic rings. The second-order valence-corrected chi connectivity index (χ2v) is 9.23. The predicted molar refractivity (Wildman–Crippen MR) is 123 cm³/mol. The Morgan fingerprint density at radius 2 is 1.94 bits per heavy atom. The van der Waals surface area contributed by atoms with Gasteiger partial charge in [0.05, 0.1) is 28.1 Å². The van der Waals surface area contributed by atoms with Crippen molar-refractivity contribution in [1.29, 1.82) is 0 Å². The molecule has 0 aromatic heterocycles. The lowest BCUT2D eigenvalue weighted by molar-refractivity contribution is -0.149. The molecule has 0 radical (unpaired) electrons. The van der Waals surface area contributed by atoms with Gasteiger partial charge < -0.3 is 9.47 Å². The Kier molecular flexibility index (Phi) is 6.20. The number of anilines is 1. The van der Waals surface area contributed by atoms with Crippen molar-refractivity contribution in [3.05, 3.63) is 52.0 Å². The lowest BCUT2D eigenvalue weighted by Crippen LogP contribution is -2.41. The number of amides is 1. The Balaban J connectivity index is 1.65. The zero-order chi connectivity index (χ0) is 23.0. The van der Waals surface area contributed by atoms with Crippen LogP contribution >= 0.6 is 35.0 Å². The highest BCUT2D eigenvalue weighted by Gasteiger charge is 2.51. The summed E-state index contributed by atoms with van der Waals surface area (Å²) in [5.41, 5.74) is 0.917. The van der Waals surface area contributed by atoms with Crippen LogP contribution < -0.4 is 9.75 Å². The number of fused-ring (bicyclic) bond motifs is 3. The van der Waals surface area contributed by atoms with E-state index in [2.05, 4.69) is 5.10 Å². The number of esters is 2. The summed E-state index contributed by atoms with van der Waals surface area (Å²) in [5, 5.41) is 6.64. The van der Waals surface area contributed by atoms with Crippen LogP contribution in [0.5, 0.6) is 5.75 Å². The molecule has 0 aliphatic carbocycles. The zero-order valence-electron chi connectivity index (χ0n) is 17.2. The van der Waals surface area contributed by atoms with Crippen molar-refractivity contribution in [3.8, 4) is 5.75 Å². The van der Waals surface area contributed by atoms with Gasteiger partial charge in [-0.2, -0.15) is 10.1 Å². The number of nitrogens with zero attached hydrogens (tertiary/aromatic N) is 2. The lowest BCUT2D eigenvalue weighted by atomic mass is 9.82. The molecule has 0 saturated heterocycles. The third-order valence-electron chi connectivity index (χ3n) is 5.08. The second-order valence-electron chi connectivity index (χ2n) is 7.40. The van der Waals surface area contributed by atoms with Gasteiger partial charge in [-0.05, 0) is 50.2 Å². The van der Waals surface area contributed by atoms with E-state index < -0.39 is 23.8 Å². The molecule has 0 saturated carbocycles. The number of carbonyl (C=O) groups excluding carboxylic acids is 3. The minimum Gasteiger partial charge on any atom is -0.466 e. The van der Waals surface area contributed by atoms with E-state index in [9.17, 15) is 14.4 Å². The fourth-order valence-electron chi connectivity index (χ4n) is 3.47. The Morgan fingerprint density at radius 3 is 2.66 bits per heavy atom. The smallest absolute Gasteiger partial charge is 0.322 e. The average molecular weight is 493 g/mol. The first kappa shape index (κ1) is 22.6. The van der Waals surface area contributed by atoms with E-state index in [0.29, 0.717) is 32.8 Å². The van der Waals surface area contributed by atoms with Crippen molar-refractivity contribution in [3.63, 3.8) is 0 Å². The molecular weight excluding hydrogens is 475 g/mol. The fourth-order valence-corrected chi connectivity index (χ4v) is 4.94. The summed E-state index contributed by atoms with van der Waals surface area (Å²) < 4.78 is 10.1. The van der Waals surface area contributed by atoms with Gasteiger partial charge in [0.15, 0.2) is 0 Å². The summed E-state index contributed by atoms with van der Waals surface area (Å²) in [6, 6.07) is 9.99. The molecule has 2 heterocycles. The van der Waals surface area contributed by atoms with Crippen LogP contribution in [0.3, 0.4) is 0 Å². The molecule has 166 valence electrons. The first-order valence-corrected chi connectivity index (χ1v) is 11.5. The number of benzene rings is 2. The van der Waals surface area contributed by atoms with Crippen LogP contribution in [0.15, 0.2) is 46.4 Å². The maximum atomic E-state index is 13.3. The van der Waals surface area contributed by atoms with E-state index in [1.165, 1.54) is 16.8 Å². The van der Waals surface area contributed by atoms with Crippen molar-refractivity contribution in [1.82, 2.24) is 0 Å². The topological polar surface area (TPSA) is 85.3 Å². The summed E-state index contributed by atoms with van der Waals surface area (Å²) in [7, 11) is 0. The minimum absolute atomic E-state index is 0.184. The van der Waals surface area contributed by atoms with Crippen LogP contribution in [0.25, 0.3) is 0 Å². The monoisotopic (exact) mass is 492 g/mol. The normalized spacial score (nSPS) is 19.2. The molecule has 10 heteroatoms. The average Bonchev–Trinajstić information content (AvgIpc) is 3.01. The Hall–Kier alpha value is -2.55. The summed E-state index contributed by atoms with van der Waals surface area (Å²) in [6.45, 7) is 3.68. The summed E-state index contributed by atoms with van der Waals surface area (Å²) in [5.74, 6) is -0.796. The van der Waals surface area contributed by atoms with Gasteiger partial charge in [-0.1, -0.05) is 23.2 Å². The standard InChI is InChI=1S/C22H18Cl2N2O5S/c1-3-30-18(27)10-19(28)31-13-5-7-17-14(9-13)20-22(2,11-32-17)21(29)26(25-20)12-4-6-15(23)16(24)8-12/h4-9H,3,10-11H2,1-2H3. The maximum absolute atomic E-state index is 13.3. The van der Waals surface area contributed by atoms with Crippen LogP contribution in [-0.2, 0) is 19.1 Å². The molecule has 1 amide bonds. The number of carbonyl (C=O) groups is 3. The Labute approximate surface area is 198 Å². The molecule has 32 heavy (non-hydrogen) atoms. The number of hydrogen-bond donors (Lipinski definition) is 0. The maximum Gasteiger partial charge on any atom is 0.322 e. The lowest BCUT2D eigenvalue weighted by Gasteiger charge is -2.29. The van der Waals surface area contributed by atoms with E-state index in [1.807, 2.05) is 6.92 Å². The number of hydrazone groups is 1. The van der Waals surface area contributed by atoms with E-state index >= 15 is 0 Å². The number of hydrogen-bond acceptors (Lipinski definition) is 7. The van der Waals surface area contributed by atoms with Gasteiger partial charge in [0, 0.05) is 16.2 Å². The molecule has 2 aliphatic heterocycles. The fraction of sp³-hybridized carbons (Fsp3) is 0.273. The Bertz CT molecular complexity index is 1170. The molecule has 1 atom stereocenters. The molecule has 0 fully saturated rings. The molecule has 0 bridgehead atoms. The van der Waals surface area contributed by atoms with Crippen LogP contribution in [0.1, 0.15) is 25.8 Å². The summed E-state index contributed by atoms with van der Waals surface area (Å²) in [6.07, 6.45) is -0.484. The van der Waals surface area contributed by atoms with E-state index in [-0.39, 0.29) is 18.3 Å². The number of rotatable bonds is 5. The molecular formula is C22H18Cl2N2O5S. The number of ether oxygens (including phenoxy) is 2. The van der Waals surface area contributed by atoms with Crippen LogP contribution in [0.4, 0.5) is 5.69 Å². The molecule has 1 unspecified atom stereocenters. The molecule has 0 spiro atoms. The quantitative estimate of drug-likeness (QED) is 0.341. The first-order valence-electron chi connectivity index (χ1n) is 9.75. The van der Waals surface area contributed by atoms with Gasteiger partial charge in [-0.25, -0.2) is 0 Å². The van der Waals surface area contributed by atoms with Gasteiger partial charge in [-0.3, -0.25) is 14.4 Å². The highest BCUT2D eigenvalue weighted by molar-refractivity contribution is 7.99. The van der Waals surface area contributed by atoms with Crippen LogP contribution in [0.2, 0.25) is 10.0 Å². The van der Waals surface area contributed by atoms with Crippen molar-refractivity contribution >= 4 is 64.2 Å². The number of halogens is 2. The van der Waals surface area contributed by atoms with Gasteiger partial charge in [0.2, 0.25) is 0 Å². The van der Waals surface area contributed by atoms with Crippen LogP contribution in [0, 0.1) is 5.41 Å². The van der Waals surface area contributed by atoms with Gasteiger partial charge in [0.1, 0.15) is 17.6 Å². The molecule has 7 nitrogen and oxygen atoms in total. The van der Waals surface area contributed by atoms with Crippen molar-refractivity contribution in [2.75, 3.05) is 17.4 Å². The zero-order valence-corrected chi connectivity index (χ0v) is 19.5. The summed E-state index contributed by atoms with van der Waals surface area (Å²) >= 11 is 13.7. The first-order chi connectivity index (χ1) is 15.2. The van der Waals surface area contributed by atoms with Crippen molar-refractivity contribution in [2.24, 2.45) is 10.5 Å². The third kappa shape index (κ3) is 4.10. The van der Waals surface area contributed by atoms with E-state index in [0.717, 1.165) is 4.90 Å². The second kappa shape index (κ2) is 8.77. The molecule has 0 N–H and O–H groups in total. The predicted octanol–water partition coefficient (Wildman–Crippen LogP) is 4.71. The summed E-state index contributed by atoms with van der Waals surface area (Å²) in [4.78, 5) is 37.8. The van der Waals surface area contributed by atoms with Crippen molar-refractivity contribution in [2.45, 2.75) is 25.2 Å². The third-order valence-corrected chi connectivity index (χ3v) is 7.21. The van der Waals surface area contributed by atoms with E-state index in [1.54, 1.807) is 43.3 Å². The van der Waals surface area contributed by atoms with Crippen LogP contribution in [-0.4, -0.2) is 35.9 Å². The highest BCUT2D eigenvalue weighted by Crippen LogP contribution is 2.46. The SMILES string of the molecule is CCOC(=O)CC(=O)Oc1ccc2c(c1)C1=NN(c3ccc(Cl)c(Cl)c3)C(=O)C1(C)CS2. The molecule has 2 aliphatic rings. The highest BCUT2D eigenvalue weighted by atomic mass is 35.5. The van der Waals surface area contributed by atoms with Crippen molar-refractivity contribution < 1.29 is 23.9 Å². The minimum atomic E-state index is -0.864. The largest absolute Gasteiger partial charge is 0.466 e. The molecule has 4 rings (SSSR count). The number of thioether (sulfide) groups is 1. The van der Waals surface area contributed by atoms with Gasteiger partial charge in [-0.15, -0.1) is 11.8 Å². The van der Waals surface area contributed by atoms with E-state index in [4.69, 9.17) is 32.7 Å².